The Hall–Kier alpha value is -1.06. The number of carbonyl (C=O) groups is 2. The second kappa shape index (κ2) is 3.59. The number of urea groups is 1. The zero-order valence-corrected chi connectivity index (χ0v) is 8.45. The molecule has 1 saturated carbocycles. The molecule has 1 aliphatic heterocycles. The lowest BCUT2D eigenvalue weighted by molar-refractivity contribution is -0.127. The highest BCUT2D eigenvalue weighted by atomic mass is 16.2. The van der Waals surface area contributed by atoms with Crippen molar-refractivity contribution < 1.29 is 9.59 Å². The minimum absolute atomic E-state index is 0.0606. The molecule has 2 fully saturated rings. The van der Waals surface area contributed by atoms with Gasteiger partial charge in [0.15, 0.2) is 0 Å². The number of amides is 3. The Labute approximate surface area is 83.6 Å². The molecule has 0 aromatic heterocycles. The fraction of sp³-hybridized carbons (Fsp3) is 0.800. The monoisotopic (exact) mass is 196 g/mol. The van der Waals surface area contributed by atoms with E-state index in [1.807, 2.05) is 0 Å². The van der Waals surface area contributed by atoms with Gasteiger partial charge in [-0.3, -0.25) is 9.69 Å². The Kier molecular flexibility index (Phi) is 2.44. The van der Waals surface area contributed by atoms with Gasteiger partial charge in [0, 0.05) is 6.04 Å². The maximum absolute atomic E-state index is 11.4. The van der Waals surface area contributed by atoms with Crippen LogP contribution in [-0.4, -0.2) is 29.4 Å². The molecular weight excluding hydrogens is 180 g/mol. The third-order valence-corrected chi connectivity index (χ3v) is 3.23. The molecule has 1 saturated heterocycles. The lowest BCUT2D eigenvalue weighted by Gasteiger charge is -2.31. The van der Waals surface area contributed by atoms with Crippen molar-refractivity contribution in [2.24, 2.45) is 5.92 Å². The highest BCUT2D eigenvalue weighted by molar-refractivity contribution is 6.02. The van der Waals surface area contributed by atoms with Crippen LogP contribution in [0.15, 0.2) is 0 Å². The molecule has 0 spiro atoms. The van der Waals surface area contributed by atoms with Crippen molar-refractivity contribution >= 4 is 11.9 Å². The van der Waals surface area contributed by atoms with Crippen LogP contribution >= 0.6 is 0 Å². The van der Waals surface area contributed by atoms with Crippen molar-refractivity contribution in [3.8, 4) is 0 Å². The van der Waals surface area contributed by atoms with E-state index in [-0.39, 0.29) is 24.5 Å². The van der Waals surface area contributed by atoms with Crippen LogP contribution < -0.4 is 5.32 Å². The van der Waals surface area contributed by atoms with E-state index in [4.69, 9.17) is 0 Å². The molecule has 4 heteroatoms. The first-order valence-corrected chi connectivity index (χ1v) is 5.28. The zero-order valence-electron chi connectivity index (χ0n) is 8.45. The number of rotatable bonds is 1. The Morgan fingerprint density at radius 2 is 1.86 bits per heavy atom. The molecule has 0 unspecified atom stereocenters. The van der Waals surface area contributed by atoms with Crippen LogP contribution in [0.3, 0.4) is 0 Å². The number of imide groups is 1. The molecule has 0 bridgehead atoms. The van der Waals surface area contributed by atoms with Crippen LogP contribution in [0.2, 0.25) is 0 Å². The third-order valence-electron chi connectivity index (χ3n) is 3.23. The van der Waals surface area contributed by atoms with Crippen molar-refractivity contribution in [3.63, 3.8) is 0 Å². The average Bonchev–Trinajstić information content (AvgIpc) is 2.49. The summed E-state index contributed by atoms with van der Waals surface area (Å²) in [5, 5.41) is 2.57. The van der Waals surface area contributed by atoms with Gasteiger partial charge in [0.2, 0.25) is 5.91 Å². The summed E-state index contributed by atoms with van der Waals surface area (Å²) in [7, 11) is 0. The molecular formula is C10H16N2O2. The number of nitrogens with one attached hydrogen (secondary N) is 1. The van der Waals surface area contributed by atoms with Crippen molar-refractivity contribution in [2.75, 3.05) is 6.54 Å². The number of carbonyl (C=O) groups excluding carboxylic acids is 2. The van der Waals surface area contributed by atoms with E-state index in [0.717, 1.165) is 31.6 Å². The van der Waals surface area contributed by atoms with Crippen LogP contribution in [0.4, 0.5) is 4.79 Å². The summed E-state index contributed by atoms with van der Waals surface area (Å²) in [6, 6.07) is -0.0456. The minimum Gasteiger partial charge on any atom is -0.329 e. The summed E-state index contributed by atoms with van der Waals surface area (Å²) in [5.41, 5.74) is 0. The summed E-state index contributed by atoms with van der Waals surface area (Å²) in [4.78, 5) is 24.2. The number of hydrogen-bond acceptors (Lipinski definition) is 2. The maximum atomic E-state index is 11.4. The molecule has 78 valence electrons. The first kappa shape index (κ1) is 9.49. The second-order valence-corrected chi connectivity index (χ2v) is 4.34. The van der Waals surface area contributed by atoms with Gasteiger partial charge in [0.05, 0.1) is 6.54 Å². The standard InChI is InChI=1S/C10H16N2O2/c1-7-2-4-8(5-3-7)12-9(13)6-11-10(12)14/h7-8H,2-6H2,1H3,(H,11,14)/t7-,8-. The van der Waals surface area contributed by atoms with Gasteiger partial charge < -0.3 is 5.32 Å². The fourth-order valence-corrected chi connectivity index (χ4v) is 2.30. The fourth-order valence-electron chi connectivity index (χ4n) is 2.30. The second-order valence-electron chi connectivity index (χ2n) is 4.34. The lowest BCUT2D eigenvalue weighted by Crippen LogP contribution is -2.42. The molecule has 1 aliphatic carbocycles. The van der Waals surface area contributed by atoms with Crippen molar-refractivity contribution in [2.45, 2.75) is 38.6 Å². The predicted octanol–water partition coefficient (Wildman–Crippen LogP) is 1.12. The molecule has 0 radical (unpaired) electrons. The minimum atomic E-state index is -0.199. The van der Waals surface area contributed by atoms with Crippen LogP contribution in [0.25, 0.3) is 0 Å². The molecule has 0 aromatic rings. The Balaban J connectivity index is 2.00. The molecule has 1 heterocycles. The van der Waals surface area contributed by atoms with Crippen molar-refractivity contribution in [1.29, 1.82) is 0 Å². The third kappa shape index (κ3) is 1.61. The van der Waals surface area contributed by atoms with Gasteiger partial charge in [-0.15, -0.1) is 0 Å². The molecule has 1 N–H and O–H groups in total. The SMILES string of the molecule is C[C@H]1CC[C@H](N2C(=O)CNC2=O)CC1. The van der Waals surface area contributed by atoms with E-state index >= 15 is 0 Å². The first-order valence-electron chi connectivity index (χ1n) is 5.28. The average molecular weight is 196 g/mol. The quantitative estimate of drug-likeness (QED) is 0.639. The van der Waals surface area contributed by atoms with Crippen LogP contribution in [0.1, 0.15) is 32.6 Å². The summed E-state index contributed by atoms with van der Waals surface area (Å²) < 4.78 is 0. The maximum Gasteiger partial charge on any atom is 0.324 e. The Morgan fingerprint density at radius 1 is 1.21 bits per heavy atom. The highest BCUT2D eigenvalue weighted by Crippen LogP contribution is 2.27. The smallest absolute Gasteiger partial charge is 0.324 e. The molecule has 4 nitrogen and oxygen atoms in total. The van der Waals surface area contributed by atoms with Gasteiger partial charge in [-0.25, -0.2) is 4.79 Å². The predicted molar refractivity (Wildman–Crippen MR) is 51.7 cm³/mol. The number of hydrogen-bond donors (Lipinski definition) is 1. The van der Waals surface area contributed by atoms with E-state index in [1.165, 1.54) is 4.90 Å². The van der Waals surface area contributed by atoms with Gasteiger partial charge in [-0.1, -0.05) is 6.92 Å². The van der Waals surface area contributed by atoms with Gasteiger partial charge in [0.25, 0.3) is 0 Å². The molecule has 3 amide bonds. The normalized spacial score (nSPS) is 33.4. The largest absolute Gasteiger partial charge is 0.329 e. The summed E-state index contributed by atoms with van der Waals surface area (Å²) >= 11 is 0. The van der Waals surface area contributed by atoms with Crippen LogP contribution in [0.5, 0.6) is 0 Å². The molecule has 14 heavy (non-hydrogen) atoms. The van der Waals surface area contributed by atoms with Gasteiger partial charge in [-0.05, 0) is 31.6 Å². The molecule has 2 aliphatic rings. The van der Waals surface area contributed by atoms with E-state index in [1.54, 1.807) is 0 Å². The number of nitrogens with zero attached hydrogens (tertiary/aromatic N) is 1. The van der Waals surface area contributed by atoms with Gasteiger partial charge in [-0.2, -0.15) is 0 Å². The van der Waals surface area contributed by atoms with Crippen LogP contribution in [-0.2, 0) is 4.79 Å². The summed E-state index contributed by atoms with van der Waals surface area (Å²) in [6.45, 7) is 2.41. The van der Waals surface area contributed by atoms with Crippen molar-refractivity contribution in [3.05, 3.63) is 0 Å². The van der Waals surface area contributed by atoms with Crippen molar-refractivity contribution in [1.82, 2.24) is 10.2 Å². The summed E-state index contributed by atoms with van der Waals surface area (Å²) in [6.07, 6.45) is 4.20. The first-order chi connectivity index (χ1) is 6.68. The Morgan fingerprint density at radius 3 is 2.36 bits per heavy atom. The van der Waals surface area contributed by atoms with Gasteiger partial charge >= 0.3 is 6.03 Å². The van der Waals surface area contributed by atoms with E-state index < -0.39 is 0 Å². The topological polar surface area (TPSA) is 49.4 Å². The Bertz CT molecular complexity index is 241. The lowest BCUT2D eigenvalue weighted by atomic mass is 9.87. The van der Waals surface area contributed by atoms with E-state index in [0.29, 0.717) is 0 Å². The molecule has 0 aromatic carbocycles. The van der Waals surface area contributed by atoms with Crippen LogP contribution in [0, 0.1) is 5.92 Å². The molecule has 2 rings (SSSR count). The summed E-state index contributed by atoms with van der Waals surface area (Å²) in [5.74, 6) is 0.682. The molecule has 0 atom stereocenters. The zero-order chi connectivity index (χ0) is 10.1. The van der Waals surface area contributed by atoms with E-state index in [2.05, 4.69) is 12.2 Å². The highest BCUT2D eigenvalue weighted by Gasteiger charge is 2.36. The van der Waals surface area contributed by atoms with Gasteiger partial charge in [0.1, 0.15) is 0 Å². The van der Waals surface area contributed by atoms with E-state index in [9.17, 15) is 9.59 Å².